The number of carbonyl (C=O) groups is 2. The van der Waals surface area contributed by atoms with Gasteiger partial charge in [0.1, 0.15) is 12.4 Å². The molecule has 0 bridgehead atoms. The molecule has 1 saturated heterocycles. The Kier molecular flexibility index (Phi) is 6.35. The van der Waals surface area contributed by atoms with Gasteiger partial charge in [-0.15, -0.1) is 0 Å². The molecule has 0 aliphatic carbocycles. The summed E-state index contributed by atoms with van der Waals surface area (Å²) in [6.45, 7) is 3.24. The van der Waals surface area contributed by atoms with Crippen LogP contribution >= 0.6 is 11.6 Å². The molecule has 0 unspecified atom stereocenters. The predicted molar refractivity (Wildman–Crippen MR) is 106 cm³/mol. The van der Waals surface area contributed by atoms with Gasteiger partial charge in [-0.3, -0.25) is 9.59 Å². The zero-order chi connectivity index (χ0) is 19.2. The average molecular weight is 387 g/mol. The summed E-state index contributed by atoms with van der Waals surface area (Å²) in [6, 6.07) is 15.0. The molecule has 0 radical (unpaired) electrons. The Bertz CT molecular complexity index is 790. The van der Waals surface area contributed by atoms with Crippen LogP contribution in [0.2, 0.25) is 5.02 Å². The van der Waals surface area contributed by atoms with E-state index in [2.05, 4.69) is 12.2 Å². The highest BCUT2D eigenvalue weighted by Crippen LogP contribution is 2.25. The predicted octanol–water partition coefficient (Wildman–Crippen LogP) is 3.45. The molecule has 1 aliphatic heterocycles. The molecule has 1 N–H and O–H groups in total. The van der Waals surface area contributed by atoms with Gasteiger partial charge in [0.25, 0.3) is 0 Å². The number of halogens is 1. The summed E-state index contributed by atoms with van der Waals surface area (Å²) in [5.41, 5.74) is 2.07. The van der Waals surface area contributed by atoms with Crippen molar-refractivity contribution >= 4 is 29.1 Å². The lowest BCUT2D eigenvalue weighted by Gasteiger charge is -2.17. The first-order valence-electron chi connectivity index (χ1n) is 9.12. The fourth-order valence-corrected chi connectivity index (χ4v) is 3.19. The highest BCUT2D eigenvalue weighted by atomic mass is 35.5. The van der Waals surface area contributed by atoms with E-state index in [1.165, 1.54) is 5.56 Å². The van der Waals surface area contributed by atoms with E-state index in [1.54, 1.807) is 29.2 Å². The maximum Gasteiger partial charge on any atom is 0.227 e. The molecule has 3 rings (SSSR count). The number of carbonyl (C=O) groups excluding carboxylic acids is 2. The number of ether oxygens (including phenoxy) is 1. The summed E-state index contributed by atoms with van der Waals surface area (Å²) in [4.78, 5) is 26.3. The fourth-order valence-electron chi connectivity index (χ4n) is 3.06. The molecule has 5 nitrogen and oxygen atoms in total. The molecule has 1 atom stereocenters. The number of rotatable bonds is 7. The Labute approximate surface area is 164 Å². The first kappa shape index (κ1) is 19.2. The van der Waals surface area contributed by atoms with E-state index in [-0.39, 0.29) is 24.2 Å². The van der Waals surface area contributed by atoms with Crippen molar-refractivity contribution in [1.82, 2.24) is 5.32 Å². The third-order valence-electron chi connectivity index (χ3n) is 4.64. The zero-order valence-corrected chi connectivity index (χ0v) is 16.0. The van der Waals surface area contributed by atoms with Gasteiger partial charge < -0.3 is 15.0 Å². The van der Waals surface area contributed by atoms with Gasteiger partial charge in [-0.2, -0.15) is 0 Å². The smallest absolute Gasteiger partial charge is 0.227 e. The van der Waals surface area contributed by atoms with E-state index in [0.29, 0.717) is 30.5 Å². The van der Waals surface area contributed by atoms with Gasteiger partial charge in [0.2, 0.25) is 11.8 Å². The van der Waals surface area contributed by atoms with Gasteiger partial charge in [-0.05, 0) is 48.4 Å². The van der Waals surface area contributed by atoms with Crippen LogP contribution in [0.25, 0.3) is 0 Å². The van der Waals surface area contributed by atoms with Crippen molar-refractivity contribution < 1.29 is 14.3 Å². The second-order valence-corrected chi connectivity index (χ2v) is 6.96. The Balaban J connectivity index is 1.46. The van der Waals surface area contributed by atoms with Gasteiger partial charge in [-0.1, -0.05) is 30.7 Å². The molecular weight excluding hydrogens is 364 g/mol. The van der Waals surface area contributed by atoms with Crippen LogP contribution in [0.15, 0.2) is 48.5 Å². The van der Waals surface area contributed by atoms with Crippen LogP contribution in [0.3, 0.4) is 0 Å². The number of benzene rings is 2. The minimum Gasteiger partial charge on any atom is -0.492 e. The first-order chi connectivity index (χ1) is 13.1. The molecular formula is C21H23ClN2O3. The van der Waals surface area contributed by atoms with Crippen LogP contribution in [0.5, 0.6) is 5.75 Å². The molecule has 1 aliphatic rings. The van der Waals surface area contributed by atoms with E-state index in [1.807, 2.05) is 24.3 Å². The third-order valence-corrected chi connectivity index (χ3v) is 4.89. The largest absolute Gasteiger partial charge is 0.492 e. The lowest BCUT2D eigenvalue weighted by atomic mass is 10.1. The van der Waals surface area contributed by atoms with E-state index in [0.717, 1.165) is 12.1 Å². The average Bonchev–Trinajstić information content (AvgIpc) is 3.08. The summed E-state index contributed by atoms with van der Waals surface area (Å²) in [7, 11) is 0. The molecule has 2 aromatic rings. The van der Waals surface area contributed by atoms with Gasteiger partial charge >= 0.3 is 0 Å². The van der Waals surface area contributed by atoms with Crippen molar-refractivity contribution in [2.45, 2.75) is 19.8 Å². The monoisotopic (exact) mass is 386 g/mol. The highest BCUT2D eigenvalue weighted by molar-refractivity contribution is 6.30. The van der Waals surface area contributed by atoms with Gasteiger partial charge in [0.05, 0.1) is 12.5 Å². The normalized spacial score (nSPS) is 16.4. The maximum atomic E-state index is 12.4. The summed E-state index contributed by atoms with van der Waals surface area (Å²) in [6.07, 6.45) is 1.19. The quantitative estimate of drug-likeness (QED) is 0.741. The number of hydrogen-bond acceptors (Lipinski definition) is 3. The maximum absolute atomic E-state index is 12.4. The molecule has 0 aromatic heterocycles. The molecule has 2 aromatic carbocycles. The van der Waals surface area contributed by atoms with Crippen molar-refractivity contribution in [1.29, 1.82) is 0 Å². The van der Waals surface area contributed by atoms with E-state index in [9.17, 15) is 9.59 Å². The molecule has 6 heteroatoms. The van der Waals surface area contributed by atoms with Crippen LogP contribution in [0.1, 0.15) is 18.9 Å². The number of amides is 2. The number of anilines is 1. The summed E-state index contributed by atoms with van der Waals surface area (Å²) >= 11 is 5.83. The van der Waals surface area contributed by atoms with Crippen molar-refractivity contribution in [3.05, 3.63) is 59.1 Å². The Morgan fingerprint density at radius 1 is 1.19 bits per heavy atom. The fraction of sp³-hybridized carbons (Fsp3) is 0.333. The SMILES string of the molecule is CCc1ccc(N2C[C@@H](C(=O)NCCOc3ccc(Cl)cc3)CC2=O)cc1. The minimum atomic E-state index is -0.334. The van der Waals surface area contributed by atoms with Crippen LogP contribution in [0.4, 0.5) is 5.69 Å². The highest BCUT2D eigenvalue weighted by Gasteiger charge is 2.34. The van der Waals surface area contributed by atoms with E-state index >= 15 is 0 Å². The number of nitrogens with zero attached hydrogens (tertiary/aromatic N) is 1. The van der Waals surface area contributed by atoms with Gasteiger partial charge in [0.15, 0.2) is 0 Å². The molecule has 1 heterocycles. The third kappa shape index (κ3) is 5.01. The van der Waals surface area contributed by atoms with Crippen molar-refractivity contribution in [2.75, 3.05) is 24.6 Å². The number of hydrogen-bond donors (Lipinski definition) is 1. The molecule has 0 saturated carbocycles. The Morgan fingerprint density at radius 3 is 2.56 bits per heavy atom. The van der Waals surface area contributed by atoms with Crippen LogP contribution < -0.4 is 15.0 Å². The standard InChI is InChI=1S/C21H23ClN2O3/c1-2-15-3-7-18(8-4-15)24-14-16(13-20(24)25)21(26)23-11-12-27-19-9-5-17(22)6-10-19/h3-10,16H,2,11-14H2,1H3,(H,23,26)/t16-/m0/s1. The molecule has 142 valence electrons. The lowest BCUT2D eigenvalue weighted by molar-refractivity contribution is -0.126. The van der Waals surface area contributed by atoms with E-state index in [4.69, 9.17) is 16.3 Å². The Morgan fingerprint density at radius 2 is 1.89 bits per heavy atom. The Hall–Kier alpha value is -2.53. The number of nitrogens with one attached hydrogen (secondary N) is 1. The lowest BCUT2D eigenvalue weighted by Crippen LogP contribution is -2.35. The van der Waals surface area contributed by atoms with Crippen LogP contribution in [-0.4, -0.2) is 31.5 Å². The van der Waals surface area contributed by atoms with E-state index < -0.39 is 0 Å². The summed E-state index contributed by atoms with van der Waals surface area (Å²) < 4.78 is 5.56. The summed E-state index contributed by atoms with van der Waals surface area (Å²) in [5.74, 6) is 0.234. The van der Waals surface area contributed by atoms with Crippen molar-refractivity contribution in [3.8, 4) is 5.75 Å². The molecule has 0 spiro atoms. The number of aryl methyl sites for hydroxylation is 1. The summed E-state index contributed by atoms with van der Waals surface area (Å²) in [5, 5.41) is 3.50. The molecule has 1 fully saturated rings. The van der Waals surface area contributed by atoms with Gasteiger partial charge in [0, 0.05) is 23.7 Å². The second kappa shape index (κ2) is 8.91. The van der Waals surface area contributed by atoms with Crippen molar-refractivity contribution in [2.24, 2.45) is 5.92 Å². The van der Waals surface area contributed by atoms with Gasteiger partial charge in [-0.25, -0.2) is 0 Å². The van der Waals surface area contributed by atoms with Crippen molar-refractivity contribution in [3.63, 3.8) is 0 Å². The van der Waals surface area contributed by atoms with Crippen LogP contribution in [0, 0.1) is 5.92 Å². The van der Waals surface area contributed by atoms with Crippen LogP contribution in [-0.2, 0) is 16.0 Å². The minimum absolute atomic E-state index is 0.0168. The molecule has 2 amide bonds. The molecule has 27 heavy (non-hydrogen) atoms. The zero-order valence-electron chi connectivity index (χ0n) is 15.3. The second-order valence-electron chi connectivity index (χ2n) is 6.52. The first-order valence-corrected chi connectivity index (χ1v) is 9.50. The topological polar surface area (TPSA) is 58.6 Å².